The SMILES string of the molecule is O=C1NCCc2ccc(C(Cl)c3ccc(Br)s3)cc21. The summed E-state index contributed by atoms with van der Waals surface area (Å²) in [5, 5.41) is 2.65. The largest absolute Gasteiger partial charge is 0.352 e. The zero-order valence-corrected chi connectivity index (χ0v) is 13.1. The number of nitrogens with one attached hydrogen (secondary N) is 1. The van der Waals surface area contributed by atoms with Crippen LogP contribution in [0.2, 0.25) is 0 Å². The third kappa shape index (κ3) is 2.57. The van der Waals surface area contributed by atoms with Crippen molar-refractivity contribution in [2.24, 2.45) is 0 Å². The van der Waals surface area contributed by atoms with Crippen molar-refractivity contribution >= 4 is 44.8 Å². The van der Waals surface area contributed by atoms with Gasteiger partial charge in [-0.25, -0.2) is 0 Å². The molecule has 2 heterocycles. The molecule has 2 aromatic rings. The molecule has 2 nitrogen and oxygen atoms in total. The van der Waals surface area contributed by atoms with Gasteiger partial charge in [-0.1, -0.05) is 12.1 Å². The number of amides is 1. The Balaban J connectivity index is 1.97. The first-order valence-corrected chi connectivity index (χ1v) is 8.00. The molecular formula is C14H11BrClNOS. The number of hydrogen-bond acceptors (Lipinski definition) is 2. The van der Waals surface area contributed by atoms with E-state index in [2.05, 4.69) is 21.2 Å². The number of fused-ring (bicyclic) bond motifs is 1. The first kappa shape index (κ1) is 13.2. The average Bonchev–Trinajstić information content (AvgIpc) is 2.85. The average molecular weight is 357 g/mol. The van der Waals surface area contributed by atoms with Gasteiger partial charge in [0.05, 0.1) is 9.16 Å². The second-order valence-electron chi connectivity index (χ2n) is 4.43. The molecule has 1 amide bonds. The van der Waals surface area contributed by atoms with E-state index in [0.29, 0.717) is 6.54 Å². The fourth-order valence-corrected chi connectivity index (χ4v) is 3.99. The number of thiophene rings is 1. The summed E-state index contributed by atoms with van der Waals surface area (Å²) in [5.41, 5.74) is 2.82. The Morgan fingerprint density at radius 3 is 2.89 bits per heavy atom. The summed E-state index contributed by atoms with van der Waals surface area (Å²) in [5.74, 6) is -0.000623. The van der Waals surface area contributed by atoms with Crippen LogP contribution in [0.5, 0.6) is 0 Å². The molecule has 0 bridgehead atoms. The summed E-state index contributed by atoms with van der Waals surface area (Å²) in [6.07, 6.45) is 0.888. The van der Waals surface area contributed by atoms with Crippen molar-refractivity contribution in [2.45, 2.75) is 11.8 Å². The predicted molar refractivity (Wildman–Crippen MR) is 82.2 cm³/mol. The van der Waals surface area contributed by atoms with Crippen LogP contribution in [-0.2, 0) is 6.42 Å². The van der Waals surface area contributed by atoms with Crippen molar-refractivity contribution in [3.8, 4) is 0 Å². The number of benzene rings is 1. The molecule has 0 spiro atoms. The summed E-state index contributed by atoms with van der Waals surface area (Å²) in [4.78, 5) is 12.9. The Labute approximate surface area is 128 Å². The Kier molecular flexibility index (Phi) is 3.65. The summed E-state index contributed by atoms with van der Waals surface area (Å²) in [7, 11) is 0. The number of alkyl halides is 1. The lowest BCUT2D eigenvalue weighted by Gasteiger charge is -2.18. The van der Waals surface area contributed by atoms with Gasteiger partial charge in [-0.15, -0.1) is 22.9 Å². The van der Waals surface area contributed by atoms with Gasteiger partial charge in [0.15, 0.2) is 0 Å². The maximum Gasteiger partial charge on any atom is 0.251 e. The highest BCUT2D eigenvalue weighted by atomic mass is 79.9. The van der Waals surface area contributed by atoms with Gasteiger partial charge in [0.25, 0.3) is 5.91 Å². The number of carbonyl (C=O) groups is 1. The van der Waals surface area contributed by atoms with Crippen LogP contribution in [0, 0.1) is 0 Å². The molecule has 1 aromatic heterocycles. The van der Waals surface area contributed by atoms with Gasteiger partial charge in [0.1, 0.15) is 0 Å². The predicted octanol–water partition coefficient (Wildman–Crippen LogP) is 4.12. The van der Waals surface area contributed by atoms with Gasteiger partial charge >= 0.3 is 0 Å². The van der Waals surface area contributed by atoms with E-state index in [9.17, 15) is 4.79 Å². The van der Waals surface area contributed by atoms with Gasteiger partial charge in [-0.2, -0.15) is 0 Å². The maximum absolute atomic E-state index is 11.8. The second kappa shape index (κ2) is 5.27. The lowest BCUT2D eigenvalue weighted by atomic mass is 9.96. The lowest BCUT2D eigenvalue weighted by molar-refractivity contribution is 0.0946. The minimum Gasteiger partial charge on any atom is -0.352 e. The van der Waals surface area contributed by atoms with E-state index in [4.69, 9.17) is 11.6 Å². The minimum atomic E-state index is -0.212. The van der Waals surface area contributed by atoms with Crippen LogP contribution in [0.15, 0.2) is 34.1 Å². The molecule has 0 radical (unpaired) electrons. The van der Waals surface area contributed by atoms with Crippen molar-refractivity contribution in [1.82, 2.24) is 5.32 Å². The molecule has 0 fully saturated rings. The van der Waals surface area contributed by atoms with Crippen molar-refractivity contribution in [3.63, 3.8) is 0 Å². The molecular weight excluding hydrogens is 346 g/mol. The molecule has 98 valence electrons. The number of halogens is 2. The normalized spacial score (nSPS) is 15.8. The summed E-state index contributed by atoms with van der Waals surface area (Å²) >= 11 is 11.5. The van der Waals surface area contributed by atoms with Gasteiger partial charge in [0, 0.05) is 17.0 Å². The van der Waals surface area contributed by atoms with Crippen molar-refractivity contribution in [2.75, 3.05) is 6.54 Å². The van der Waals surface area contributed by atoms with E-state index < -0.39 is 0 Å². The van der Waals surface area contributed by atoms with Gasteiger partial charge in [-0.3, -0.25) is 4.79 Å². The first-order valence-electron chi connectivity index (χ1n) is 5.95. The lowest BCUT2D eigenvalue weighted by Crippen LogP contribution is -2.31. The van der Waals surface area contributed by atoms with Crippen molar-refractivity contribution in [3.05, 3.63) is 55.7 Å². The van der Waals surface area contributed by atoms with Crippen LogP contribution in [-0.4, -0.2) is 12.5 Å². The topological polar surface area (TPSA) is 29.1 Å². The van der Waals surface area contributed by atoms with E-state index in [-0.39, 0.29) is 11.3 Å². The molecule has 1 N–H and O–H groups in total. The number of hydrogen-bond donors (Lipinski definition) is 1. The molecule has 3 rings (SSSR count). The van der Waals surface area contributed by atoms with Crippen molar-refractivity contribution in [1.29, 1.82) is 0 Å². The Morgan fingerprint density at radius 2 is 2.16 bits per heavy atom. The van der Waals surface area contributed by atoms with E-state index in [1.165, 1.54) is 0 Å². The maximum atomic E-state index is 11.8. The number of rotatable bonds is 2. The summed E-state index contributed by atoms with van der Waals surface area (Å²) in [6, 6.07) is 9.94. The molecule has 0 saturated carbocycles. The van der Waals surface area contributed by atoms with Gasteiger partial charge in [0.2, 0.25) is 0 Å². The fourth-order valence-electron chi connectivity index (χ4n) is 2.22. The minimum absolute atomic E-state index is 0.000623. The molecule has 1 aliphatic rings. The van der Waals surface area contributed by atoms with Crippen LogP contribution >= 0.6 is 38.9 Å². The van der Waals surface area contributed by atoms with Gasteiger partial charge in [-0.05, 0) is 51.7 Å². The zero-order chi connectivity index (χ0) is 13.4. The van der Waals surface area contributed by atoms with Crippen LogP contribution < -0.4 is 5.32 Å². The monoisotopic (exact) mass is 355 g/mol. The highest BCUT2D eigenvalue weighted by molar-refractivity contribution is 9.11. The molecule has 1 aromatic carbocycles. The molecule has 1 atom stereocenters. The van der Waals surface area contributed by atoms with Crippen molar-refractivity contribution < 1.29 is 4.79 Å². The number of carbonyl (C=O) groups excluding carboxylic acids is 1. The van der Waals surface area contributed by atoms with Crippen LogP contribution in [0.25, 0.3) is 0 Å². The highest BCUT2D eigenvalue weighted by Gasteiger charge is 2.20. The molecule has 0 saturated heterocycles. The first-order chi connectivity index (χ1) is 9.15. The van der Waals surface area contributed by atoms with Crippen LogP contribution in [0.4, 0.5) is 0 Å². The Hall–Kier alpha value is -0.840. The third-order valence-corrected chi connectivity index (χ3v) is 5.50. The smallest absolute Gasteiger partial charge is 0.251 e. The van der Waals surface area contributed by atoms with Gasteiger partial charge < -0.3 is 5.32 Å². The van der Waals surface area contributed by atoms with E-state index in [1.807, 2.05) is 30.3 Å². The Bertz CT molecular complexity index is 640. The fraction of sp³-hybridized carbons (Fsp3) is 0.214. The third-order valence-electron chi connectivity index (χ3n) is 3.19. The molecule has 0 aliphatic carbocycles. The molecule has 1 unspecified atom stereocenters. The van der Waals surface area contributed by atoms with E-state index >= 15 is 0 Å². The second-order valence-corrected chi connectivity index (χ2v) is 7.36. The van der Waals surface area contributed by atoms with Crippen LogP contribution in [0.3, 0.4) is 0 Å². The standard InChI is InChI=1S/C14H11BrClNOS/c15-12-4-3-11(19-12)13(16)9-2-1-8-5-6-17-14(18)10(8)7-9/h1-4,7,13H,5-6H2,(H,17,18). The van der Waals surface area contributed by atoms with E-state index in [0.717, 1.165) is 31.8 Å². The quantitative estimate of drug-likeness (QED) is 0.806. The molecule has 5 heteroatoms. The Morgan fingerprint density at radius 1 is 1.32 bits per heavy atom. The molecule has 19 heavy (non-hydrogen) atoms. The van der Waals surface area contributed by atoms with Crippen LogP contribution in [0.1, 0.15) is 31.7 Å². The molecule has 1 aliphatic heterocycles. The zero-order valence-electron chi connectivity index (χ0n) is 9.95. The summed E-state index contributed by atoms with van der Waals surface area (Å²) < 4.78 is 1.06. The highest BCUT2D eigenvalue weighted by Crippen LogP contribution is 2.36. The van der Waals surface area contributed by atoms with E-state index in [1.54, 1.807) is 11.3 Å². The summed E-state index contributed by atoms with van der Waals surface area (Å²) in [6.45, 7) is 0.716.